The molecule has 1 atom stereocenters. The van der Waals surface area contributed by atoms with E-state index in [4.69, 9.17) is 4.74 Å². The van der Waals surface area contributed by atoms with Gasteiger partial charge >= 0.3 is 0 Å². The molecule has 4 rings (SSSR count). The lowest BCUT2D eigenvalue weighted by atomic mass is 9.86. The average molecular weight is 384 g/mol. The van der Waals surface area contributed by atoms with Crippen LogP contribution in [0.1, 0.15) is 56.4 Å². The molecule has 0 aliphatic carbocycles. The Kier molecular flexibility index (Phi) is 5.74. The minimum Gasteiger partial charge on any atom is -0.368 e. The maximum atomic E-state index is 12.8. The summed E-state index contributed by atoms with van der Waals surface area (Å²) in [4.78, 5) is 18.9. The zero-order valence-electron chi connectivity index (χ0n) is 17.3. The van der Waals surface area contributed by atoms with Crippen LogP contribution in [0.15, 0.2) is 18.2 Å². The molecule has 2 N–H and O–H groups in total. The number of aromatic nitrogens is 1. The van der Waals surface area contributed by atoms with Crippen molar-refractivity contribution in [3.63, 3.8) is 0 Å². The fourth-order valence-electron chi connectivity index (χ4n) is 4.92. The van der Waals surface area contributed by atoms with Crippen LogP contribution in [0.5, 0.6) is 0 Å². The quantitative estimate of drug-likeness (QED) is 0.769. The van der Waals surface area contributed by atoms with E-state index in [9.17, 15) is 4.79 Å². The highest BCUT2D eigenvalue weighted by atomic mass is 16.5. The van der Waals surface area contributed by atoms with Crippen LogP contribution in [0.3, 0.4) is 0 Å². The number of benzene rings is 1. The Hall–Kier alpha value is -1.85. The largest absolute Gasteiger partial charge is 0.368 e. The molecule has 0 saturated carbocycles. The Morgan fingerprint density at radius 3 is 2.86 bits per heavy atom. The number of carbonyl (C=O) groups is 1. The number of para-hydroxylation sites is 1. The molecule has 5 heteroatoms. The molecule has 3 heterocycles. The van der Waals surface area contributed by atoms with Crippen molar-refractivity contribution in [3.05, 3.63) is 35.0 Å². The number of fused-ring (bicyclic) bond motifs is 3. The second kappa shape index (κ2) is 8.26. The SMILES string of the molecule is CCc1cccc2c3c([nH]c12)C(CC)(CC(=O)NCCN1CCCC1)OCC3. The molecule has 1 aromatic carbocycles. The smallest absolute Gasteiger partial charge is 0.223 e. The molecule has 28 heavy (non-hydrogen) atoms. The number of nitrogens with one attached hydrogen (secondary N) is 2. The molecule has 0 spiro atoms. The van der Waals surface area contributed by atoms with E-state index in [0.717, 1.165) is 51.1 Å². The van der Waals surface area contributed by atoms with Crippen molar-refractivity contribution in [3.8, 4) is 0 Å². The van der Waals surface area contributed by atoms with Gasteiger partial charge in [0.2, 0.25) is 5.91 Å². The number of H-pyrrole nitrogens is 1. The van der Waals surface area contributed by atoms with Crippen molar-refractivity contribution < 1.29 is 9.53 Å². The topological polar surface area (TPSA) is 57.4 Å². The third-order valence-electron chi connectivity index (χ3n) is 6.56. The lowest BCUT2D eigenvalue weighted by Gasteiger charge is -2.36. The number of rotatable bonds is 7. The molecule has 0 bridgehead atoms. The Morgan fingerprint density at radius 2 is 2.11 bits per heavy atom. The maximum Gasteiger partial charge on any atom is 0.223 e. The molecule has 5 nitrogen and oxygen atoms in total. The fourth-order valence-corrected chi connectivity index (χ4v) is 4.92. The van der Waals surface area contributed by atoms with Gasteiger partial charge in [0.25, 0.3) is 0 Å². The van der Waals surface area contributed by atoms with Gasteiger partial charge < -0.3 is 19.9 Å². The van der Waals surface area contributed by atoms with Crippen LogP contribution in [0.25, 0.3) is 10.9 Å². The summed E-state index contributed by atoms with van der Waals surface area (Å²) >= 11 is 0. The summed E-state index contributed by atoms with van der Waals surface area (Å²) in [5.41, 5.74) is 4.45. The zero-order chi connectivity index (χ0) is 19.6. The Balaban J connectivity index is 1.53. The number of aromatic amines is 1. The first-order chi connectivity index (χ1) is 13.7. The van der Waals surface area contributed by atoms with Crippen LogP contribution >= 0.6 is 0 Å². The number of hydrogen-bond acceptors (Lipinski definition) is 3. The van der Waals surface area contributed by atoms with E-state index in [2.05, 4.69) is 47.2 Å². The van der Waals surface area contributed by atoms with E-state index in [0.29, 0.717) is 13.0 Å². The lowest BCUT2D eigenvalue weighted by Crippen LogP contribution is -2.42. The van der Waals surface area contributed by atoms with Crippen LogP contribution < -0.4 is 5.32 Å². The predicted molar refractivity (Wildman–Crippen MR) is 113 cm³/mol. The van der Waals surface area contributed by atoms with Crippen LogP contribution in [0.4, 0.5) is 0 Å². The number of carbonyl (C=O) groups excluding carboxylic acids is 1. The molecule has 2 aliphatic rings. The third kappa shape index (κ3) is 3.58. The van der Waals surface area contributed by atoms with Crippen molar-refractivity contribution in [2.75, 3.05) is 32.8 Å². The van der Waals surface area contributed by atoms with E-state index in [1.807, 2.05) is 0 Å². The number of likely N-dealkylation sites (tertiary alicyclic amines) is 1. The van der Waals surface area contributed by atoms with Gasteiger partial charge in [-0.15, -0.1) is 0 Å². The van der Waals surface area contributed by atoms with Crippen LogP contribution in [0, 0.1) is 0 Å². The molecule has 1 amide bonds. The van der Waals surface area contributed by atoms with Crippen molar-refractivity contribution >= 4 is 16.8 Å². The number of hydrogen-bond donors (Lipinski definition) is 2. The molecule has 0 radical (unpaired) electrons. The first kappa shape index (κ1) is 19.5. The molecular formula is C23H33N3O2. The molecule has 2 aliphatic heterocycles. The molecule has 1 unspecified atom stereocenters. The summed E-state index contributed by atoms with van der Waals surface area (Å²) in [5, 5.41) is 4.42. The first-order valence-corrected chi connectivity index (χ1v) is 10.9. The lowest BCUT2D eigenvalue weighted by molar-refractivity contribution is -0.132. The summed E-state index contributed by atoms with van der Waals surface area (Å²) in [6, 6.07) is 6.53. The molecule has 1 fully saturated rings. The van der Waals surface area contributed by atoms with E-state index in [1.165, 1.54) is 34.9 Å². The van der Waals surface area contributed by atoms with Gasteiger partial charge in [0.1, 0.15) is 5.60 Å². The normalized spacial score (nSPS) is 22.5. The van der Waals surface area contributed by atoms with Gasteiger partial charge in [-0.3, -0.25) is 4.79 Å². The number of ether oxygens (including phenoxy) is 1. The molecule has 152 valence electrons. The van der Waals surface area contributed by atoms with E-state index < -0.39 is 5.60 Å². The summed E-state index contributed by atoms with van der Waals surface area (Å²) in [6.07, 6.45) is 5.63. The van der Waals surface area contributed by atoms with Gasteiger partial charge in [-0.05, 0) is 56.3 Å². The van der Waals surface area contributed by atoms with Gasteiger partial charge in [-0.1, -0.05) is 32.0 Å². The minimum absolute atomic E-state index is 0.0864. The Labute approximate surface area is 167 Å². The fraction of sp³-hybridized carbons (Fsp3) is 0.609. The van der Waals surface area contributed by atoms with Crippen LogP contribution in [-0.4, -0.2) is 48.6 Å². The zero-order valence-corrected chi connectivity index (χ0v) is 17.3. The Bertz CT molecular complexity index is 838. The predicted octanol–water partition coefficient (Wildman–Crippen LogP) is 3.51. The van der Waals surface area contributed by atoms with Crippen LogP contribution in [-0.2, 0) is 28.0 Å². The number of aryl methyl sites for hydroxylation is 1. The summed E-state index contributed by atoms with van der Waals surface area (Å²) in [7, 11) is 0. The van der Waals surface area contributed by atoms with Crippen LogP contribution in [0.2, 0.25) is 0 Å². The second-order valence-electron chi connectivity index (χ2n) is 8.19. The highest BCUT2D eigenvalue weighted by Crippen LogP contribution is 2.42. The number of nitrogens with zero attached hydrogens (tertiary/aromatic N) is 1. The van der Waals surface area contributed by atoms with Crippen molar-refractivity contribution in [2.45, 2.75) is 58.0 Å². The minimum atomic E-state index is -0.546. The standard InChI is InChI=1S/C23H33N3O2/c1-3-17-8-7-9-18-19-10-15-28-23(4-2,22(19)25-21(17)18)16-20(27)24-11-14-26-12-5-6-13-26/h7-9,25H,3-6,10-16H2,1-2H3,(H,24,27). The third-order valence-corrected chi connectivity index (χ3v) is 6.56. The van der Waals surface area contributed by atoms with Gasteiger partial charge in [0, 0.05) is 24.0 Å². The average Bonchev–Trinajstić information content (AvgIpc) is 3.36. The summed E-state index contributed by atoms with van der Waals surface area (Å²) < 4.78 is 6.29. The van der Waals surface area contributed by atoms with Gasteiger partial charge in [0.05, 0.1) is 18.7 Å². The monoisotopic (exact) mass is 383 g/mol. The molecule has 2 aromatic rings. The maximum absolute atomic E-state index is 12.8. The Morgan fingerprint density at radius 1 is 1.29 bits per heavy atom. The van der Waals surface area contributed by atoms with Gasteiger partial charge in [0.15, 0.2) is 0 Å². The van der Waals surface area contributed by atoms with Gasteiger partial charge in [-0.25, -0.2) is 0 Å². The highest BCUT2D eigenvalue weighted by molar-refractivity contribution is 5.88. The molecular weight excluding hydrogens is 350 g/mol. The first-order valence-electron chi connectivity index (χ1n) is 10.9. The van der Waals surface area contributed by atoms with Crippen molar-refractivity contribution in [1.29, 1.82) is 0 Å². The highest BCUT2D eigenvalue weighted by Gasteiger charge is 2.40. The van der Waals surface area contributed by atoms with E-state index >= 15 is 0 Å². The number of amides is 1. The van der Waals surface area contributed by atoms with Crippen molar-refractivity contribution in [1.82, 2.24) is 15.2 Å². The summed E-state index contributed by atoms with van der Waals surface area (Å²) in [6.45, 7) is 8.98. The van der Waals surface area contributed by atoms with Crippen molar-refractivity contribution in [2.24, 2.45) is 0 Å². The van der Waals surface area contributed by atoms with E-state index in [1.54, 1.807) is 0 Å². The second-order valence-corrected chi connectivity index (χ2v) is 8.19. The molecule has 1 aromatic heterocycles. The summed E-state index contributed by atoms with van der Waals surface area (Å²) in [5.74, 6) is 0.0864. The van der Waals surface area contributed by atoms with E-state index in [-0.39, 0.29) is 5.91 Å². The molecule has 1 saturated heterocycles. The van der Waals surface area contributed by atoms with Gasteiger partial charge in [-0.2, -0.15) is 0 Å².